The van der Waals surface area contributed by atoms with Crippen LogP contribution in [-0.2, 0) is 9.59 Å². The highest BCUT2D eigenvalue weighted by Gasteiger charge is 2.47. The predicted molar refractivity (Wildman–Crippen MR) is 133 cm³/mol. The van der Waals surface area contributed by atoms with Crippen molar-refractivity contribution >= 4 is 23.1 Å². The second kappa shape index (κ2) is 9.65. The van der Waals surface area contributed by atoms with Crippen molar-refractivity contribution in [3.05, 3.63) is 83.4 Å². The molecular weight excluding hydrogens is 462 g/mol. The maximum atomic E-state index is 13.3. The Morgan fingerprint density at radius 3 is 2.14 bits per heavy atom. The summed E-state index contributed by atoms with van der Waals surface area (Å²) < 4.78 is 21.8. The third-order valence-corrected chi connectivity index (χ3v) is 6.02. The van der Waals surface area contributed by atoms with Crippen molar-refractivity contribution in [3.63, 3.8) is 0 Å². The fraction of sp³-hybridized carbons (Fsp3) is 0.214. The molecule has 0 saturated carbocycles. The van der Waals surface area contributed by atoms with Gasteiger partial charge in [-0.25, -0.2) is 0 Å². The van der Waals surface area contributed by atoms with Gasteiger partial charge in [0.1, 0.15) is 17.3 Å². The van der Waals surface area contributed by atoms with Gasteiger partial charge in [0, 0.05) is 11.3 Å². The number of hydrogen-bond acceptors (Lipinski definition) is 7. The van der Waals surface area contributed by atoms with Crippen LogP contribution in [0.3, 0.4) is 0 Å². The number of benzene rings is 3. The number of ketones is 1. The van der Waals surface area contributed by atoms with Crippen LogP contribution in [0.4, 0.5) is 5.69 Å². The molecule has 0 aromatic heterocycles. The van der Waals surface area contributed by atoms with Crippen molar-refractivity contribution < 1.29 is 33.6 Å². The molecule has 0 spiro atoms. The molecule has 184 valence electrons. The molecule has 5 rings (SSSR count). The average molecular weight is 488 g/mol. The summed E-state index contributed by atoms with van der Waals surface area (Å²) in [7, 11) is 0. The van der Waals surface area contributed by atoms with Gasteiger partial charge in [-0.2, -0.15) is 0 Å². The Balaban J connectivity index is 1.63. The maximum absolute atomic E-state index is 13.3. The first kappa shape index (κ1) is 23.3. The molecule has 0 radical (unpaired) electrons. The Morgan fingerprint density at radius 1 is 0.889 bits per heavy atom. The topological polar surface area (TPSA) is 94.5 Å². The SMILES string of the molecule is CCOc1ccc(C2/C(=C(/O)c3ccc4c(c3)OCO4)C(=O)C(=O)N2c2ccc(OCC)cc2)cc1. The largest absolute Gasteiger partial charge is 0.507 e. The van der Waals surface area contributed by atoms with Crippen LogP contribution in [0.15, 0.2) is 72.3 Å². The summed E-state index contributed by atoms with van der Waals surface area (Å²) in [6, 6.07) is 18.1. The molecule has 1 amide bonds. The molecular formula is C28H25NO7. The molecule has 1 saturated heterocycles. The van der Waals surface area contributed by atoms with Gasteiger partial charge in [-0.3, -0.25) is 14.5 Å². The summed E-state index contributed by atoms with van der Waals surface area (Å²) in [5, 5.41) is 11.3. The van der Waals surface area contributed by atoms with Crippen molar-refractivity contribution in [3.8, 4) is 23.0 Å². The number of amides is 1. The minimum Gasteiger partial charge on any atom is -0.507 e. The summed E-state index contributed by atoms with van der Waals surface area (Å²) in [5.41, 5.74) is 1.48. The Hall–Kier alpha value is -4.46. The van der Waals surface area contributed by atoms with Gasteiger partial charge in [0.2, 0.25) is 6.79 Å². The minimum atomic E-state index is -0.857. The first-order valence-electron chi connectivity index (χ1n) is 11.7. The highest BCUT2D eigenvalue weighted by molar-refractivity contribution is 6.51. The third-order valence-electron chi connectivity index (χ3n) is 6.02. The molecule has 0 aliphatic carbocycles. The lowest BCUT2D eigenvalue weighted by Gasteiger charge is -2.25. The zero-order chi connectivity index (χ0) is 25.2. The number of carbonyl (C=O) groups is 2. The summed E-state index contributed by atoms with van der Waals surface area (Å²) in [6.45, 7) is 4.86. The van der Waals surface area contributed by atoms with Crippen LogP contribution in [0.2, 0.25) is 0 Å². The molecule has 36 heavy (non-hydrogen) atoms. The molecule has 8 nitrogen and oxygen atoms in total. The van der Waals surface area contributed by atoms with Crippen LogP contribution >= 0.6 is 0 Å². The highest BCUT2D eigenvalue weighted by atomic mass is 16.7. The lowest BCUT2D eigenvalue weighted by atomic mass is 9.95. The average Bonchev–Trinajstić information content (AvgIpc) is 3.47. The number of anilines is 1. The Bertz CT molecular complexity index is 1330. The monoisotopic (exact) mass is 487 g/mol. The predicted octanol–water partition coefficient (Wildman–Crippen LogP) is 4.84. The van der Waals surface area contributed by atoms with Crippen LogP contribution in [0, 0.1) is 0 Å². The van der Waals surface area contributed by atoms with Gasteiger partial charge in [0.25, 0.3) is 11.7 Å². The molecule has 1 N–H and O–H groups in total. The van der Waals surface area contributed by atoms with Crippen LogP contribution in [0.1, 0.15) is 31.0 Å². The molecule has 8 heteroatoms. The fourth-order valence-corrected chi connectivity index (χ4v) is 4.40. The van der Waals surface area contributed by atoms with E-state index in [1.54, 1.807) is 66.7 Å². The number of hydrogen-bond donors (Lipinski definition) is 1. The number of rotatable bonds is 7. The molecule has 2 heterocycles. The van der Waals surface area contributed by atoms with E-state index in [4.69, 9.17) is 18.9 Å². The molecule has 3 aromatic carbocycles. The molecule has 3 aromatic rings. The number of aliphatic hydroxyl groups is 1. The number of nitrogens with zero attached hydrogens (tertiary/aromatic N) is 1. The van der Waals surface area contributed by atoms with Crippen LogP contribution < -0.4 is 23.8 Å². The smallest absolute Gasteiger partial charge is 0.300 e. The number of aliphatic hydroxyl groups excluding tert-OH is 1. The Kier molecular flexibility index (Phi) is 6.25. The quantitative estimate of drug-likeness (QED) is 0.290. The van der Waals surface area contributed by atoms with E-state index < -0.39 is 17.7 Å². The van der Waals surface area contributed by atoms with Crippen molar-refractivity contribution in [2.75, 3.05) is 24.9 Å². The number of fused-ring (bicyclic) bond motifs is 1. The van der Waals surface area contributed by atoms with E-state index in [0.717, 1.165) is 0 Å². The molecule has 1 unspecified atom stereocenters. The minimum absolute atomic E-state index is 0.0168. The summed E-state index contributed by atoms with van der Waals surface area (Å²) in [6.07, 6.45) is 0. The van der Waals surface area contributed by atoms with Gasteiger partial charge in [-0.05, 0) is 74.0 Å². The summed E-state index contributed by atoms with van der Waals surface area (Å²) in [4.78, 5) is 28.1. The van der Waals surface area contributed by atoms with Gasteiger partial charge >= 0.3 is 0 Å². The zero-order valence-corrected chi connectivity index (χ0v) is 19.9. The normalized spacial score (nSPS) is 17.9. The van der Waals surface area contributed by atoms with Gasteiger partial charge in [0.05, 0.1) is 24.8 Å². The molecule has 1 atom stereocenters. The van der Waals surface area contributed by atoms with Crippen molar-refractivity contribution in [2.24, 2.45) is 0 Å². The van der Waals surface area contributed by atoms with E-state index in [1.165, 1.54) is 4.90 Å². The second-order valence-electron chi connectivity index (χ2n) is 8.17. The van der Waals surface area contributed by atoms with Crippen molar-refractivity contribution in [1.29, 1.82) is 0 Å². The van der Waals surface area contributed by atoms with Crippen molar-refractivity contribution in [2.45, 2.75) is 19.9 Å². The zero-order valence-electron chi connectivity index (χ0n) is 19.9. The number of carbonyl (C=O) groups excluding carboxylic acids is 2. The third kappa shape index (κ3) is 4.11. The lowest BCUT2D eigenvalue weighted by molar-refractivity contribution is -0.132. The van der Waals surface area contributed by atoms with Crippen molar-refractivity contribution in [1.82, 2.24) is 0 Å². The van der Waals surface area contributed by atoms with E-state index in [1.807, 2.05) is 13.8 Å². The van der Waals surface area contributed by atoms with Gasteiger partial charge < -0.3 is 24.1 Å². The first-order chi connectivity index (χ1) is 17.5. The standard InChI is InChI=1S/C28H25NO7/c1-3-33-20-10-5-17(6-11-20)25-24(26(30)18-7-14-22-23(15-18)36-16-35-22)27(31)28(32)29(25)19-8-12-21(13-9-19)34-4-2/h5-15,25,30H,3-4,16H2,1-2H3/b26-24-. The van der Waals surface area contributed by atoms with E-state index in [-0.39, 0.29) is 18.1 Å². The summed E-state index contributed by atoms with van der Waals surface area (Å²) in [5.74, 6) is 0.505. The molecule has 0 bridgehead atoms. The van der Waals surface area contributed by atoms with Gasteiger partial charge in [0.15, 0.2) is 11.5 Å². The van der Waals surface area contributed by atoms with E-state index >= 15 is 0 Å². The lowest BCUT2D eigenvalue weighted by Crippen LogP contribution is -2.29. The van der Waals surface area contributed by atoms with E-state index in [2.05, 4.69) is 0 Å². The number of Topliss-reactive ketones (excluding diaryl/α,β-unsaturated/α-hetero) is 1. The van der Waals surface area contributed by atoms with Crippen LogP contribution in [0.5, 0.6) is 23.0 Å². The Morgan fingerprint density at radius 2 is 1.50 bits per heavy atom. The fourth-order valence-electron chi connectivity index (χ4n) is 4.40. The second-order valence-corrected chi connectivity index (χ2v) is 8.17. The summed E-state index contributed by atoms with van der Waals surface area (Å²) >= 11 is 0. The van der Waals surface area contributed by atoms with Crippen LogP contribution in [0.25, 0.3) is 5.76 Å². The van der Waals surface area contributed by atoms with E-state index in [0.29, 0.717) is 53.0 Å². The highest BCUT2D eigenvalue weighted by Crippen LogP contribution is 2.44. The van der Waals surface area contributed by atoms with Gasteiger partial charge in [-0.15, -0.1) is 0 Å². The van der Waals surface area contributed by atoms with Gasteiger partial charge in [-0.1, -0.05) is 12.1 Å². The van der Waals surface area contributed by atoms with E-state index in [9.17, 15) is 14.7 Å². The Labute approximate surface area is 208 Å². The molecule has 2 aliphatic heterocycles. The van der Waals surface area contributed by atoms with Crippen LogP contribution in [-0.4, -0.2) is 36.8 Å². The first-order valence-corrected chi connectivity index (χ1v) is 11.7. The maximum Gasteiger partial charge on any atom is 0.300 e. The molecule has 2 aliphatic rings. The number of ether oxygens (including phenoxy) is 4. The molecule has 1 fully saturated rings.